The molecule has 3 amide bonds. The van der Waals surface area contributed by atoms with Gasteiger partial charge in [-0.2, -0.15) is 0 Å². The van der Waals surface area contributed by atoms with Gasteiger partial charge in [-0.3, -0.25) is 4.79 Å². The Morgan fingerprint density at radius 2 is 1.67 bits per heavy atom. The first kappa shape index (κ1) is 23.9. The van der Waals surface area contributed by atoms with Crippen LogP contribution >= 0.6 is 11.3 Å². The van der Waals surface area contributed by atoms with Crippen LogP contribution in [0.2, 0.25) is 0 Å². The van der Waals surface area contributed by atoms with Gasteiger partial charge < -0.3 is 15.5 Å². The zero-order valence-electron chi connectivity index (χ0n) is 19.1. The molecule has 0 spiro atoms. The van der Waals surface area contributed by atoms with Gasteiger partial charge in [0, 0.05) is 17.1 Å². The van der Waals surface area contributed by atoms with Gasteiger partial charge in [-0.25, -0.2) is 9.78 Å². The Labute approximate surface area is 184 Å². The first-order valence-electron chi connectivity index (χ1n) is 10.6. The SMILES string of the molecule is CCCN(CC(=O)Nc1nc(C)c(C)s1)C(=O)Nc1c(C(C)C)cccc1C(C)C. The van der Waals surface area contributed by atoms with Gasteiger partial charge in [0.15, 0.2) is 5.13 Å². The normalized spacial score (nSPS) is 11.1. The third-order valence-electron chi connectivity index (χ3n) is 4.99. The van der Waals surface area contributed by atoms with Crippen molar-refractivity contribution in [2.24, 2.45) is 0 Å². The number of carbonyl (C=O) groups is 2. The Bertz CT molecular complexity index is 844. The summed E-state index contributed by atoms with van der Waals surface area (Å²) in [5.74, 6) is 0.310. The highest BCUT2D eigenvalue weighted by Crippen LogP contribution is 2.32. The van der Waals surface area contributed by atoms with E-state index in [0.717, 1.165) is 33.8 Å². The highest BCUT2D eigenvalue weighted by atomic mass is 32.1. The summed E-state index contributed by atoms with van der Waals surface area (Å²) in [4.78, 5) is 32.7. The van der Waals surface area contributed by atoms with Gasteiger partial charge in [0.2, 0.25) is 5.91 Å². The van der Waals surface area contributed by atoms with Crippen LogP contribution in [0.25, 0.3) is 0 Å². The monoisotopic (exact) mass is 430 g/mol. The number of carbonyl (C=O) groups excluding carboxylic acids is 2. The summed E-state index contributed by atoms with van der Waals surface area (Å²) in [7, 11) is 0. The number of amides is 3. The number of hydrogen-bond acceptors (Lipinski definition) is 4. The number of hydrogen-bond donors (Lipinski definition) is 2. The quantitative estimate of drug-likeness (QED) is 0.548. The minimum absolute atomic E-state index is 0.0157. The molecule has 7 heteroatoms. The predicted molar refractivity (Wildman–Crippen MR) is 126 cm³/mol. The molecule has 0 saturated carbocycles. The maximum Gasteiger partial charge on any atom is 0.322 e. The van der Waals surface area contributed by atoms with Crippen LogP contribution in [-0.2, 0) is 4.79 Å². The van der Waals surface area contributed by atoms with Crippen LogP contribution in [0.15, 0.2) is 18.2 Å². The molecule has 1 aromatic carbocycles. The number of aryl methyl sites for hydroxylation is 2. The second-order valence-electron chi connectivity index (χ2n) is 8.18. The second kappa shape index (κ2) is 10.6. The van der Waals surface area contributed by atoms with Crippen molar-refractivity contribution in [3.63, 3.8) is 0 Å². The average molecular weight is 431 g/mol. The van der Waals surface area contributed by atoms with Crippen molar-refractivity contribution in [2.45, 2.75) is 66.7 Å². The van der Waals surface area contributed by atoms with Crippen LogP contribution < -0.4 is 10.6 Å². The molecule has 0 fully saturated rings. The first-order valence-corrected chi connectivity index (χ1v) is 11.4. The van der Waals surface area contributed by atoms with Crippen molar-refractivity contribution in [3.8, 4) is 0 Å². The largest absolute Gasteiger partial charge is 0.322 e. The molecule has 1 aromatic heterocycles. The Kier molecular flexibility index (Phi) is 8.41. The summed E-state index contributed by atoms with van der Waals surface area (Å²) in [5, 5.41) is 6.49. The number of anilines is 2. The number of thiazole rings is 1. The number of rotatable bonds is 8. The van der Waals surface area contributed by atoms with E-state index in [1.807, 2.05) is 26.8 Å². The molecule has 6 nitrogen and oxygen atoms in total. The number of benzene rings is 1. The lowest BCUT2D eigenvalue weighted by Crippen LogP contribution is -2.41. The van der Waals surface area contributed by atoms with E-state index < -0.39 is 0 Å². The Balaban J connectivity index is 2.18. The molecule has 0 atom stereocenters. The van der Waals surface area contributed by atoms with Crippen molar-refractivity contribution in [1.29, 1.82) is 0 Å². The third-order valence-corrected chi connectivity index (χ3v) is 5.98. The molecular weight excluding hydrogens is 396 g/mol. The lowest BCUT2D eigenvalue weighted by molar-refractivity contribution is -0.116. The highest BCUT2D eigenvalue weighted by molar-refractivity contribution is 7.15. The molecule has 0 aliphatic heterocycles. The molecule has 30 heavy (non-hydrogen) atoms. The third kappa shape index (κ3) is 6.05. The van der Waals surface area contributed by atoms with Crippen LogP contribution in [0, 0.1) is 13.8 Å². The fraction of sp³-hybridized carbons (Fsp3) is 0.522. The van der Waals surface area contributed by atoms with Crippen LogP contribution in [0.1, 0.15) is 74.6 Å². The minimum atomic E-state index is -0.256. The number of nitrogens with one attached hydrogen (secondary N) is 2. The van der Waals surface area contributed by atoms with Gasteiger partial charge in [-0.1, -0.05) is 52.8 Å². The zero-order valence-corrected chi connectivity index (χ0v) is 19.9. The second-order valence-corrected chi connectivity index (χ2v) is 9.38. The van der Waals surface area contributed by atoms with E-state index in [2.05, 4.69) is 55.4 Å². The standard InChI is InChI=1S/C23H34N4O2S/c1-8-12-27(13-20(28)25-22-24-16(6)17(7)30-22)23(29)26-21-18(14(2)3)10-9-11-19(21)15(4)5/h9-11,14-15H,8,12-13H2,1-7H3,(H,26,29)(H,24,25,28). The van der Waals surface area contributed by atoms with Crippen LogP contribution in [0.4, 0.5) is 15.6 Å². The zero-order chi connectivity index (χ0) is 22.4. The maximum absolute atomic E-state index is 13.1. The van der Waals surface area contributed by atoms with Gasteiger partial charge in [-0.05, 0) is 43.2 Å². The van der Waals surface area contributed by atoms with E-state index >= 15 is 0 Å². The summed E-state index contributed by atoms with van der Waals surface area (Å²) in [6.07, 6.45) is 0.763. The summed E-state index contributed by atoms with van der Waals surface area (Å²) in [5.41, 5.74) is 3.97. The molecule has 1 heterocycles. The predicted octanol–water partition coefficient (Wildman–Crippen LogP) is 5.89. The van der Waals surface area contributed by atoms with Crippen molar-refractivity contribution in [1.82, 2.24) is 9.88 Å². The van der Waals surface area contributed by atoms with E-state index in [1.165, 1.54) is 11.3 Å². The number of urea groups is 1. The topological polar surface area (TPSA) is 74.3 Å². The van der Waals surface area contributed by atoms with Crippen molar-refractivity contribution in [3.05, 3.63) is 39.9 Å². The Morgan fingerprint density at radius 3 is 2.13 bits per heavy atom. The molecule has 2 N–H and O–H groups in total. The lowest BCUT2D eigenvalue weighted by atomic mass is 9.93. The van der Waals surface area contributed by atoms with Crippen molar-refractivity contribution < 1.29 is 9.59 Å². The van der Waals surface area contributed by atoms with E-state index in [9.17, 15) is 9.59 Å². The smallest absolute Gasteiger partial charge is 0.315 e. The number of nitrogens with zero attached hydrogens (tertiary/aromatic N) is 2. The molecular formula is C23H34N4O2S. The van der Waals surface area contributed by atoms with E-state index in [0.29, 0.717) is 11.7 Å². The van der Waals surface area contributed by atoms with Crippen molar-refractivity contribution in [2.75, 3.05) is 23.7 Å². The fourth-order valence-corrected chi connectivity index (χ4v) is 4.09. The molecule has 0 bridgehead atoms. The summed E-state index contributed by atoms with van der Waals surface area (Å²) >= 11 is 1.44. The molecule has 2 aromatic rings. The van der Waals surface area contributed by atoms with Crippen LogP contribution in [-0.4, -0.2) is 34.9 Å². The average Bonchev–Trinajstić information content (AvgIpc) is 2.97. The molecule has 2 rings (SSSR count). The maximum atomic E-state index is 13.1. The van der Waals surface area contributed by atoms with Crippen LogP contribution in [0.5, 0.6) is 0 Å². The van der Waals surface area contributed by atoms with Gasteiger partial charge in [0.1, 0.15) is 6.54 Å². The molecule has 0 radical (unpaired) electrons. The molecule has 164 valence electrons. The van der Waals surface area contributed by atoms with Crippen molar-refractivity contribution >= 4 is 34.1 Å². The molecule has 0 aliphatic carbocycles. The van der Waals surface area contributed by atoms with E-state index in [1.54, 1.807) is 4.90 Å². The van der Waals surface area contributed by atoms with Gasteiger partial charge in [-0.15, -0.1) is 11.3 Å². The van der Waals surface area contributed by atoms with Gasteiger partial charge >= 0.3 is 6.03 Å². The Hall–Kier alpha value is -2.41. The van der Waals surface area contributed by atoms with E-state index in [-0.39, 0.29) is 30.3 Å². The molecule has 0 aliphatic rings. The fourth-order valence-electron chi connectivity index (χ4n) is 3.26. The number of aromatic nitrogens is 1. The number of para-hydroxylation sites is 1. The summed E-state index contributed by atoms with van der Waals surface area (Å²) < 4.78 is 0. The van der Waals surface area contributed by atoms with Gasteiger partial charge in [0.25, 0.3) is 0 Å². The summed E-state index contributed by atoms with van der Waals surface area (Å²) in [6, 6.07) is 5.88. The lowest BCUT2D eigenvalue weighted by Gasteiger charge is -2.25. The molecule has 0 unspecified atom stereocenters. The summed E-state index contributed by atoms with van der Waals surface area (Å²) in [6.45, 7) is 14.8. The van der Waals surface area contributed by atoms with E-state index in [4.69, 9.17) is 0 Å². The Morgan fingerprint density at radius 1 is 1.07 bits per heavy atom. The van der Waals surface area contributed by atoms with Gasteiger partial charge in [0.05, 0.1) is 5.69 Å². The van der Waals surface area contributed by atoms with Crippen LogP contribution in [0.3, 0.4) is 0 Å². The molecule has 0 saturated heterocycles. The first-order chi connectivity index (χ1) is 14.1. The highest BCUT2D eigenvalue weighted by Gasteiger charge is 2.21. The minimum Gasteiger partial charge on any atom is -0.315 e.